The zero-order valence-electron chi connectivity index (χ0n) is 14.6. The molecule has 11 heteroatoms. The molecule has 0 amide bonds. The highest BCUT2D eigenvalue weighted by Gasteiger charge is 2.47. The Kier molecular flexibility index (Phi) is 5.28. The summed E-state index contributed by atoms with van der Waals surface area (Å²) in [6.07, 6.45) is -2.24. The summed E-state index contributed by atoms with van der Waals surface area (Å²) in [5.41, 5.74) is -1.24. The number of sulfone groups is 1. The predicted molar refractivity (Wildman–Crippen MR) is 92.2 cm³/mol. The highest BCUT2D eigenvalue weighted by molar-refractivity contribution is 7.92. The Labute approximate surface area is 159 Å². The quantitative estimate of drug-likeness (QED) is 0.707. The number of rotatable bonds is 4. The molecule has 3 rings (SSSR count). The Hall–Kier alpha value is -2.69. The van der Waals surface area contributed by atoms with Gasteiger partial charge in [0.2, 0.25) is 5.95 Å². The van der Waals surface area contributed by atoms with Crippen LogP contribution in [0, 0.1) is 0 Å². The number of benzene rings is 1. The average molecular weight is 415 g/mol. The van der Waals surface area contributed by atoms with E-state index in [-0.39, 0.29) is 18.9 Å². The lowest BCUT2D eigenvalue weighted by atomic mass is 10.2. The van der Waals surface area contributed by atoms with Gasteiger partial charge in [-0.1, -0.05) is 12.1 Å². The summed E-state index contributed by atoms with van der Waals surface area (Å²) < 4.78 is 70.6. The molecule has 1 saturated heterocycles. The van der Waals surface area contributed by atoms with Crippen molar-refractivity contribution >= 4 is 21.8 Å². The van der Waals surface area contributed by atoms with E-state index in [1.165, 1.54) is 23.4 Å². The van der Waals surface area contributed by atoms with Gasteiger partial charge in [0, 0.05) is 18.9 Å². The summed E-state index contributed by atoms with van der Waals surface area (Å²) in [6.45, 7) is -0.238. The maximum Gasteiger partial charge on any atom is 0.417 e. The van der Waals surface area contributed by atoms with Crippen LogP contribution in [0.25, 0.3) is 0 Å². The third-order valence-electron chi connectivity index (χ3n) is 4.48. The molecule has 28 heavy (non-hydrogen) atoms. The van der Waals surface area contributed by atoms with E-state index < -0.39 is 43.7 Å². The van der Waals surface area contributed by atoms with Gasteiger partial charge in [-0.2, -0.15) is 13.2 Å². The summed E-state index contributed by atoms with van der Waals surface area (Å²) in [4.78, 5) is 20.7. The zero-order valence-corrected chi connectivity index (χ0v) is 15.4. The van der Waals surface area contributed by atoms with Crippen LogP contribution in [-0.4, -0.2) is 49.3 Å². The number of methoxy groups -OCH3 is 1. The maximum atomic E-state index is 13.3. The first kappa shape index (κ1) is 20.1. The van der Waals surface area contributed by atoms with Crippen molar-refractivity contribution in [3.05, 3.63) is 48.3 Å². The second-order valence-electron chi connectivity index (χ2n) is 6.14. The number of carbonyl (C=O) groups is 1. The lowest BCUT2D eigenvalue weighted by Crippen LogP contribution is -2.38. The minimum absolute atomic E-state index is 0.0970. The Morgan fingerprint density at radius 2 is 1.82 bits per heavy atom. The van der Waals surface area contributed by atoms with E-state index >= 15 is 0 Å². The lowest BCUT2D eigenvalue weighted by Gasteiger charge is -2.22. The summed E-state index contributed by atoms with van der Waals surface area (Å²) >= 11 is 0. The molecule has 150 valence electrons. The van der Waals surface area contributed by atoms with Crippen molar-refractivity contribution in [2.75, 3.05) is 18.6 Å². The molecule has 0 N–H and O–H groups in total. The van der Waals surface area contributed by atoms with Gasteiger partial charge in [-0.25, -0.2) is 23.2 Å². The molecular weight excluding hydrogens is 399 g/mol. The molecule has 1 aliphatic heterocycles. The second kappa shape index (κ2) is 7.38. The fraction of sp³-hybridized carbons (Fsp3) is 0.353. The molecule has 0 aliphatic carbocycles. The molecule has 7 nitrogen and oxygen atoms in total. The van der Waals surface area contributed by atoms with Crippen molar-refractivity contribution in [3.63, 3.8) is 0 Å². The molecule has 0 spiro atoms. The van der Waals surface area contributed by atoms with Gasteiger partial charge in [0.25, 0.3) is 0 Å². The largest absolute Gasteiger partial charge is 0.467 e. The lowest BCUT2D eigenvalue weighted by molar-refractivity contribution is -0.142. The van der Waals surface area contributed by atoms with Crippen molar-refractivity contribution in [3.8, 4) is 0 Å². The van der Waals surface area contributed by atoms with E-state index in [0.29, 0.717) is 0 Å². The number of alkyl halides is 3. The Bertz CT molecular complexity index is 967. The van der Waals surface area contributed by atoms with Crippen LogP contribution in [0.5, 0.6) is 0 Å². The summed E-state index contributed by atoms with van der Waals surface area (Å²) in [6, 6.07) is 4.51. The average Bonchev–Trinajstić information content (AvgIpc) is 3.14. The molecule has 1 aromatic carbocycles. The predicted octanol–water partition coefficient (Wildman–Crippen LogP) is 2.09. The Morgan fingerprint density at radius 3 is 2.43 bits per heavy atom. The number of aromatic nitrogens is 2. The summed E-state index contributed by atoms with van der Waals surface area (Å²) in [5.74, 6) is -0.617. The molecule has 0 unspecified atom stereocenters. The first-order valence-electron chi connectivity index (χ1n) is 8.18. The van der Waals surface area contributed by atoms with Gasteiger partial charge < -0.3 is 9.64 Å². The van der Waals surface area contributed by atoms with Crippen LogP contribution >= 0.6 is 0 Å². The number of esters is 1. The second-order valence-corrected chi connectivity index (χ2v) is 8.33. The fourth-order valence-electron chi connectivity index (χ4n) is 3.17. The van der Waals surface area contributed by atoms with Crippen molar-refractivity contribution in [1.82, 2.24) is 9.97 Å². The third-order valence-corrected chi connectivity index (χ3v) is 6.67. The highest BCUT2D eigenvalue weighted by atomic mass is 32.2. The Morgan fingerprint density at radius 1 is 1.18 bits per heavy atom. The smallest absolute Gasteiger partial charge is 0.417 e. The number of anilines is 1. The number of hydrogen-bond acceptors (Lipinski definition) is 7. The van der Waals surface area contributed by atoms with Gasteiger partial charge >= 0.3 is 12.1 Å². The first-order chi connectivity index (χ1) is 13.2. The summed E-state index contributed by atoms with van der Waals surface area (Å²) in [5, 5.41) is -1.26. The van der Waals surface area contributed by atoms with Gasteiger partial charge in [-0.15, -0.1) is 0 Å². The highest BCUT2D eigenvalue weighted by Crippen LogP contribution is 2.38. The van der Waals surface area contributed by atoms with Crippen LogP contribution in [0.2, 0.25) is 0 Å². The number of nitrogens with zero attached hydrogens (tertiary/aromatic N) is 3. The van der Waals surface area contributed by atoms with Crippen molar-refractivity contribution < 1.29 is 31.1 Å². The topological polar surface area (TPSA) is 89.5 Å². The van der Waals surface area contributed by atoms with Gasteiger partial charge in [-0.3, -0.25) is 0 Å². The van der Waals surface area contributed by atoms with Crippen LogP contribution in [0.4, 0.5) is 19.1 Å². The van der Waals surface area contributed by atoms with Gasteiger partial charge in [0.15, 0.2) is 9.84 Å². The molecule has 2 atom stereocenters. The molecule has 2 heterocycles. The van der Waals surface area contributed by atoms with Gasteiger partial charge in [-0.05, 0) is 24.6 Å². The van der Waals surface area contributed by atoms with E-state index in [0.717, 1.165) is 25.3 Å². The number of carbonyl (C=O) groups excluding carboxylic acids is 1. The number of hydrogen-bond donors (Lipinski definition) is 0. The fourth-order valence-corrected chi connectivity index (χ4v) is 5.08. The normalized spacial score (nSPS) is 20.2. The maximum absolute atomic E-state index is 13.3. The van der Waals surface area contributed by atoms with E-state index in [1.807, 2.05) is 0 Å². The van der Waals surface area contributed by atoms with Crippen LogP contribution in [-0.2, 0) is 25.5 Å². The number of ether oxygens (including phenoxy) is 1. The zero-order chi connectivity index (χ0) is 20.5. The molecule has 1 aliphatic rings. The molecular formula is C17H16F3N3O4S. The molecule has 1 aromatic heterocycles. The first-order valence-corrected chi connectivity index (χ1v) is 9.72. The van der Waals surface area contributed by atoms with Crippen molar-refractivity contribution in [2.45, 2.75) is 28.8 Å². The molecule has 1 fully saturated rings. The van der Waals surface area contributed by atoms with E-state index in [2.05, 4.69) is 9.97 Å². The molecule has 0 radical (unpaired) electrons. The third kappa shape index (κ3) is 3.66. The molecule has 0 saturated carbocycles. The van der Waals surface area contributed by atoms with Crippen molar-refractivity contribution in [2.24, 2.45) is 0 Å². The minimum Gasteiger partial charge on any atom is -0.467 e. The van der Waals surface area contributed by atoms with Crippen LogP contribution in [0.15, 0.2) is 47.6 Å². The van der Waals surface area contributed by atoms with Crippen LogP contribution in [0.3, 0.4) is 0 Å². The van der Waals surface area contributed by atoms with Gasteiger partial charge in [0.1, 0.15) is 6.04 Å². The van der Waals surface area contributed by atoms with Crippen LogP contribution in [0.1, 0.15) is 12.0 Å². The van der Waals surface area contributed by atoms with E-state index in [4.69, 9.17) is 4.74 Å². The van der Waals surface area contributed by atoms with E-state index in [9.17, 15) is 26.4 Å². The van der Waals surface area contributed by atoms with E-state index in [1.54, 1.807) is 6.07 Å². The Balaban J connectivity index is 2.01. The van der Waals surface area contributed by atoms with Crippen molar-refractivity contribution in [1.29, 1.82) is 0 Å². The monoisotopic (exact) mass is 415 g/mol. The molecule has 0 bridgehead atoms. The van der Waals surface area contributed by atoms with Gasteiger partial charge in [0.05, 0.1) is 22.8 Å². The number of halogens is 3. The SMILES string of the molecule is COC(=O)[C@@H]1C[C@@H](S(=O)(=O)c2ccccc2C(F)(F)F)CN1c1ncccn1. The minimum atomic E-state index is -4.83. The molecule has 2 aromatic rings. The standard InChI is InChI=1S/C17H16F3N3O4S/c1-27-15(24)13-9-11(10-23(13)16-21-7-4-8-22-16)28(25,26)14-6-3-2-5-12(14)17(18,19)20/h2-8,11,13H,9-10H2,1H3/t11-,13+/m1/s1. The van der Waals surface area contributed by atoms with Crippen LogP contribution < -0.4 is 4.90 Å². The summed E-state index contributed by atoms with van der Waals surface area (Å²) in [7, 11) is -3.25.